The smallest absolute Gasteiger partial charge is 0.255 e. The lowest BCUT2D eigenvalue weighted by atomic mass is 10.1. The SMILES string of the molecule is NC(=O)COc1ccc2c(c1)O/C(=C\c1cccc(F)c1)C2=O. The van der Waals surface area contributed by atoms with Gasteiger partial charge in [0.05, 0.1) is 5.56 Å². The van der Waals surface area contributed by atoms with Crippen molar-refractivity contribution in [1.82, 2.24) is 0 Å². The highest BCUT2D eigenvalue weighted by Crippen LogP contribution is 2.34. The zero-order chi connectivity index (χ0) is 16.4. The first-order valence-electron chi connectivity index (χ1n) is 6.78. The Hall–Kier alpha value is -3.15. The molecule has 2 N–H and O–H groups in total. The van der Waals surface area contributed by atoms with Gasteiger partial charge in [-0.2, -0.15) is 0 Å². The number of Topliss-reactive ketones (excluding diaryl/α,β-unsaturated/α-hetero) is 1. The lowest BCUT2D eigenvalue weighted by Crippen LogP contribution is -2.19. The number of allylic oxidation sites excluding steroid dienone is 1. The van der Waals surface area contributed by atoms with Crippen LogP contribution in [0, 0.1) is 5.82 Å². The number of primary amides is 1. The highest BCUT2D eigenvalue weighted by Gasteiger charge is 2.27. The number of benzene rings is 2. The van der Waals surface area contributed by atoms with Gasteiger partial charge in [0, 0.05) is 6.07 Å². The highest BCUT2D eigenvalue weighted by molar-refractivity contribution is 6.14. The molecule has 23 heavy (non-hydrogen) atoms. The van der Waals surface area contributed by atoms with Gasteiger partial charge < -0.3 is 15.2 Å². The number of carbonyl (C=O) groups excluding carboxylic acids is 2. The lowest BCUT2D eigenvalue weighted by Gasteiger charge is -2.04. The molecule has 6 heteroatoms. The van der Waals surface area contributed by atoms with Crippen molar-refractivity contribution in [1.29, 1.82) is 0 Å². The predicted molar refractivity (Wildman–Crippen MR) is 80.5 cm³/mol. The van der Waals surface area contributed by atoms with Crippen molar-refractivity contribution in [3.05, 3.63) is 65.2 Å². The molecule has 0 saturated carbocycles. The molecule has 116 valence electrons. The van der Waals surface area contributed by atoms with E-state index < -0.39 is 11.7 Å². The van der Waals surface area contributed by atoms with Gasteiger partial charge in [-0.3, -0.25) is 9.59 Å². The zero-order valence-electron chi connectivity index (χ0n) is 11.9. The van der Waals surface area contributed by atoms with Gasteiger partial charge in [-0.05, 0) is 35.9 Å². The van der Waals surface area contributed by atoms with Crippen LogP contribution in [0.15, 0.2) is 48.2 Å². The fourth-order valence-corrected chi connectivity index (χ4v) is 2.16. The summed E-state index contributed by atoms with van der Waals surface area (Å²) in [7, 11) is 0. The molecule has 5 nitrogen and oxygen atoms in total. The number of carbonyl (C=O) groups is 2. The molecule has 1 aliphatic heterocycles. The molecule has 0 unspecified atom stereocenters. The van der Waals surface area contributed by atoms with Crippen LogP contribution in [-0.4, -0.2) is 18.3 Å². The van der Waals surface area contributed by atoms with Crippen molar-refractivity contribution in [3.8, 4) is 11.5 Å². The maximum Gasteiger partial charge on any atom is 0.255 e. The fourth-order valence-electron chi connectivity index (χ4n) is 2.16. The van der Waals surface area contributed by atoms with Crippen LogP contribution in [0.25, 0.3) is 6.08 Å². The molecule has 1 amide bonds. The average molecular weight is 313 g/mol. The number of nitrogens with two attached hydrogens (primary N) is 1. The summed E-state index contributed by atoms with van der Waals surface area (Å²) in [4.78, 5) is 23.0. The van der Waals surface area contributed by atoms with Gasteiger partial charge in [0.25, 0.3) is 5.91 Å². The third kappa shape index (κ3) is 3.21. The van der Waals surface area contributed by atoms with E-state index >= 15 is 0 Å². The van der Waals surface area contributed by atoms with Gasteiger partial charge in [-0.15, -0.1) is 0 Å². The van der Waals surface area contributed by atoms with Crippen LogP contribution in [0.3, 0.4) is 0 Å². The summed E-state index contributed by atoms with van der Waals surface area (Å²) in [6.07, 6.45) is 1.47. The Morgan fingerprint density at radius 1 is 1.26 bits per heavy atom. The van der Waals surface area contributed by atoms with E-state index in [1.807, 2.05) is 0 Å². The van der Waals surface area contributed by atoms with E-state index in [4.69, 9.17) is 15.2 Å². The second-order valence-electron chi connectivity index (χ2n) is 4.91. The molecule has 2 aromatic rings. The van der Waals surface area contributed by atoms with Gasteiger partial charge in [0.15, 0.2) is 12.4 Å². The normalized spacial score (nSPS) is 14.5. The quantitative estimate of drug-likeness (QED) is 0.879. The summed E-state index contributed by atoms with van der Waals surface area (Å²) in [5.74, 6) is -0.524. The van der Waals surface area contributed by atoms with Crippen molar-refractivity contribution in [2.45, 2.75) is 0 Å². The molecule has 0 radical (unpaired) electrons. The average Bonchev–Trinajstić information content (AvgIpc) is 2.81. The summed E-state index contributed by atoms with van der Waals surface area (Å²) >= 11 is 0. The molecule has 0 spiro atoms. The van der Waals surface area contributed by atoms with E-state index in [2.05, 4.69) is 0 Å². The molecule has 0 aliphatic carbocycles. The first kappa shape index (κ1) is 14.8. The van der Waals surface area contributed by atoms with Crippen molar-refractivity contribution >= 4 is 17.8 Å². The molecule has 0 saturated heterocycles. The number of ketones is 1. The number of rotatable bonds is 4. The second kappa shape index (κ2) is 5.92. The number of halogens is 1. The van der Waals surface area contributed by atoms with E-state index in [9.17, 15) is 14.0 Å². The summed E-state index contributed by atoms with van der Waals surface area (Å²) in [6.45, 7) is -0.265. The maximum atomic E-state index is 13.2. The number of fused-ring (bicyclic) bond motifs is 1. The van der Waals surface area contributed by atoms with Gasteiger partial charge in [-0.25, -0.2) is 4.39 Å². The van der Waals surface area contributed by atoms with Crippen LogP contribution in [0.5, 0.6) is 11.5 Å². The van der Waals surface area contributed by atoms with Crippen molar-refractivity contribution in [2.24, 2.45) is 5.73 Å². The van der Waals surface area contributed by atoms with E-state index in [-0.39, 0.29) is 18.1 Å². The standard InChI is InChI=1S/C17H12FNO4/c18-11-3-1-2-10(6-11)7-15-17(21)13-5-4-12(8-14(13)23-15)22-9-16(19)20/h1-8H,9H2,(H2,19,20)/b15-7-. The van der Waals surface area contributed by atoms with Crippen molar-refractivity contribution in [2.75, 3.05) is 6.61 Å². The van der Waals surface area contributed by atoms with E-state index in [1.54, 1.807) is 24.3 Å². The van der Waals surface area contributed by atoms with E-state index in [1.165, 1.54) is 24.3 Å². The zero-order valence-corrected chi connectivity index (χ0v) is 11.9. The molecule has 0 atom stereocenters. The minimum Gasteiger partial charge on any atom is -0.484 e. The number of ether oxygens (including phenoxy) is 2. The van der Waals surface area contributed by atoms with Crippen LogP contribution in [0.1, 0.15) is 15.9 Å². The molecule has 3 rings (SSSR count). The summed E-state index contributed by atoms with van der Waals surface area (Å²) < 4.78 is 23.9. The van der Waals surface area contributed by atoms with Crippen molar-refractivity contribution in [3.63, 3.8) is 0 Å². The first-order valence-corrected chi connectivity index (χ1v) is 6.78. The number of hydrogen-bond acceptors (Lipinski definition) is 4. The summed E-state index contributed by atoms with van der Waals surface area (Å²) in [5, 5.41) is 0. The largest absolute Gasteiger partial charge is 0.484 e. The Labute approximate surface area is 131 Å². The van der Waals surface area contributed by atoms with Crippen molar-refractivity contribution < 1.29 is 23.5 Å². The van der Waals surface area contributed by atoms with E-state index in [0.717, 1.165) is 0 Å². The second-order valence-corrected chi connectivity index (χ2v) is 4.91. The number of amides is 1. The van der Waals surface area contributed by atoms with Crippen LogP contribution < -0.4 is 15.2 Å². The van der Waals surface area contributed by atoms with Crippen LogP contribution >= 0.6 is 0 Å². The first-order chi connectivity index (χ1) is 11.0. The Morgan fingerprint density at radius 2 is 2.09 bits per heavy atom. The lowest BCUT2D eigenvalue weighted by molar-refractivity contribution is -0.119. The van der Waals surface area contributed by atoms with Crippen LogP contribution in [0.2, 0.25) is 0 Å². The van der Waals surface area contributed by atoms with Gasteiger partial charge in [0.2, 0.25) is 5.78 Å². The maximum absolute atomic E-state index is 13.2. The Morgan fingerprint density at radius 3 is 2.83 bits per heavy atom. The number of hydrogen-bond donors (Lipinski definition) is 1. The molecular weight excluding hydrogens is 301 g/mol. The third-order valence-corrected chi connectivity index (χ3v) is 3.17. The Kier molecular flexibility index (Phi) is 3.80. The molecular formula is C17H12FNO4. The van der Waals surface area contributed by atoms with E-state index in [0.29, 0.717) is 22.6 Å². The van der Waals surface area contributed by atoms with Gasteiger partial charge in [-0.1, -0.05) is 12.1 Å². The van der Waals surface area contributed by atoms with Crippen LogP contribution in [0.4, 0.5) is 4.39 Å². The molecule has 1 heterocycles. The highest BCUT2D eigenvalue weighted by atomic mass is 19.1. The van der Waals surface area contributed by atoms with Crippen LogP contribution in [-0.2, 0) is 4.79 Å². The monoisotopic (exact) mass is 313 g/mol. The molecule has 0 fully saturated rings. The Bertz CT molecular complexity index is 829. The molecule has 0 aromatic heterocycles. The fraction of sp³-hybridized carbons (Fsp3) is 0.0588. The molecule has 1 aliphatic rings. The van der Waals surface area contributed by atoms with Gasteiger partial charge >= 0.3 is 0 Å². The Balaban J connectivity index is 1.85. The topological polar surface area (TPSA) is 78.6 Å². The summed E-state index contributed by atoms with van der Waals surface area (Å²) in [6, 6.07) is 10.4. The minimum absolute atomic E-state index is 0.0950. The van der Waals surface area contributed by atoms with Gasteiger partial charge in [0.1, 0.15) is 17.3 Å². The minimum atomic E-state index is -0.603. The molecule has 2 aromatic carbocycles. The third-order valence-electron chi connectivity index (χ3n) is 3.17. The predicted octanol–water partition coefficient (Wildman–Crippen LogP) is 2.31. The molecule has 0 bridgehead atoms. The summed E-state index contributed by atoms with van der Waals surface area (Å²) in [5.41, 5.74) is 5.90.